The van der Waals surface area contributed by atoms with E-state index in [1.54, 1.807) is 11.3 Å². The first-order valence-corrected chi connectivity index (χ1v) is 7.15. The zero-order valence-corrected chi connectivity index (χ0v) is 11.5. The van der Waals surface area contributed by atoms with Gasteiger partial charge in [0.05, 0.1) is 11.7 Å². The Labute approximate surface area is 107 Å². The van der Waals surface area contributed by atoms with Gasteiger partial charge in [-0.3, -0.25) is 4.90 Å². The Morgan fingerprint density at radius 1 is 1.41 bits per heavy atom. The molecule has 0 aromatic carbocycles. The van der Waals surface area contributed by atoms with E-state index in [4.69, 9.17) is 5.73 Å². The number of hydrogen-bond donors (Lipinski definition) is 1. The predicted molar refractivity (Wildman–Crippen MR) is 72.4 cm³/mol. The van der Waals surface area contributed by atoms with Crippen molar-refractivity contribution in [3.8, 4) is 0 Å². The summed E-state index contributed by atoms with van der Waals surface area (Å²) < 4.78 is 0. The van der Waals surface area contributed by atoms with Gasteiger partial charge in [0.15, 0.2) is 0 Å². The van der Waals surface area contributed by atoms with Gasteiger partial charge in [-0.1, -0.05) is 0 Å². The molecule has 0 amide bonds. The van der Waals surface area contributed by atoms with Crippen molar-refractivity contribution in [3.63, 3.8) is 0 Å². The number of thiazole rings is 1. The maximum atomic E-state index is 5.55. The summed E-state index contributed by atoms with van der Waals surface area (Å²) >= 11 is 1.77. The van der Waals surface area contributed by atoms with E-state index in [9.17, 15) is 0 Å². The topological polar surface area (TPSA) is 45.4 Å². The van der Waals surface area contributed by atoms with Crippen LogP contribution in [0.15, 0.2) is 5.38 Å². The van der Waals surface area contributed by atoms with Crippen molar-refractivity contribution >= 4 is 11.3 Å². The van der Waals surface area contributed by atoms with Gasteiger partial charge in [0.25, 0.3) is 0 Å². The minimum atomic E-state index is 0.445. The van der Waals surface area contributed by atoms with Crippen LogP contribution >= 0.6 is 11.3 Å². The molecule has 2 heterocycles. The van der Waals surface area contributed by atoms with Gasteiger partial charge in [-0.25, -0.2) is 4.98 Å². The Hall–Kier alpha value is -0.490. The highest BCUT2D eigenvalue weighted by Gasteiger charge is 2.22. The number of aromatic nitrogens is 1. The zero-order chi connectivity index (χ0) is 12.3. The Kier molecular flexibility index (Phi) is 4.50. The van der Waals surface area contributed by atoms with E-state index >= 15 is 0 Å². The number of nitrogens with zero attached hydrogens (tertiary/aromatic N) is 3. The molecule has 0 bridgehead atoms. The fourth-order valence-corrected chi connectivity index (χ4v) is 3.09. The molecule has 1 aromatic heterocycles. The lowest BCUT2D eigenvalue weighted by molar-refractivity contribution is 0.119. The van der Waals surface area contributed by atoms with Gasteiger partial charge in [0.2, 0.25) is 0 Å². The van der Waals surface area contributed by atoms with Gasteiger partial charge < -0.3 is 10.6 Å². The quantitative estimate of drug-likeness (QED) is 0.869. The molecular weight excluding hydrogens is 232 g/mol. The average molecular weight is 254 g/mol. The fourth-order valence-electron chi connectivity index (χ4n) is 2.14. The Bertz CT molecular complexity index is 344. The molecular formula is C12H22N4S. The predicted octanol–water partition coefficient (Wildman–Crippen LogP) is 0.953. The second-order valence-corrected chi connectivity index (χ2v) is 5.62. The van der Waals surface area contributed by atoms with Crippen LogP contribution in [-0.2, 0) is 6.42 Å². The molecule has 0 saturated carbocycles. The maximum Gasteiger partial charge on any atom is 0.110 e. The lowest BCUT2D eigenvalue weighted by Crippen LogP contribution is -2.45. The second-order valence-electron chi connectivity index (χ2n) is 4.73. The van der Waals surface area contributed by atoms with Crippen molar-refractivity contribution < 1.29 is 0 Å². The van der Waals surface area contributed by atoms with Crippen LogP contribution in [0, 0.1) is 0 Å². The summed E-state index contributed by atoms with van der Waals surface area (Å²) in [6, 6.07) is 0.445. The molecule has 2 rings (SSSR count). The van der Waals surface area contributed by atoms with E-state index in [0.29, 0.717) is 12.6 Å². The minimum Gasteiger partial charge on any atom is -0.330 e. The van der Waals surface area contributed by atoms with Gasteiger partial charge in [0, 0.05) is 38.0 Å². The summed E-state index contributed by atoms with van der Waals surface area (Å²) in [5.74, 6) is 0. The summed E-state index contributed by atoms with van der Waals surface area (Å²) in [7, 11) is 2.19. The molecule has 1 fully saturated rings. The molecule has 1 saturated heterocycles. The van der Waals surface area contributed by atoms with Crippen LogP contribution in [0.25, 0.3) is 0 Å². The van der Waals surface area contributed by atoms with Gasteiger partial charge >= 0.3 is 0 Å². The molecule has 1 unspecified atom stereocenters. The number of piperazine rings is 1. The van der Waals surface area contributed by atoms with Gasteiger partial charge in [-0.05, 0) is 20.5 Å². The molecule has 2 N–H and O–H groups in total. The van der Waals surface area contributed by atoms with Crippen LogP contribution in [0.3, 0.4) is 0 Å². The highest BCUT2D eigenvalue weighted by Crippen LogP contribution is 2.24. The number of rotatable bonds is 4. The van der Waals surface area contributed by atoms with Crippen molar-refractivity contribution in [2.75, 3.05) is 39.8 Å². The van der Waals surface area contributed by atoms with Gasteiger partial charge in [0.1, 0.15) is 5.01 Å². The summed E-state index contributed by atoms with van der Waals surface area (Å²) in [6.45, 7) is 7.55. The van der Waals surface area contributed by atoms with Gasteiger partial charge in [-0.2, -0.15) is 0 Å². The maximum absolute atomic E-state index is 5.55. The van der Waals surface area contributed by atoms with Gasteiger partial charge in [-0.15, -0.1) is 11.3 Å². The first-order chi connectivity index (χ1) is 8.20. The average Bonchev–Trinajstić information content (AvgIpc) is 2.78. The highest BCUT2D eigenvalue weighted by molar-refractivity contribution is 7.09. The van der Waals surface area contributed by atoms with E-state index in [1.807, 2.05) is 0 Å². The molecule has 4 nitrogen and oxygen atoms in total. The van der Waals surface area contributed by atoms with Crippen molar-refractivity contribution in [3.05, 3.63) is 16.1 Å². The van der Waals surface area contributed by atoms with E-state index < -0.39 is 0 Å². The highest BCUT2D eigenvalue weighted by atomic mass is 32.1. The first kappa shape index (κ1) is 13.0. The number of nitrogens with two attached hydrogens (primary N) is 1. The van der Waals surface area contributed by atoms with Crippen LogP contribution in [0.2, 0.25) is 0 Å². The zero-order valence-electron chi connectivity index (χ0n) is 10.7. The normalized spacial score (nSPS) is 20.6. The van der Waals surface area contributed by atoms with Crippen molar-refractivity contribution in [1.29, 1.82) is 0 Å². The Morgan fingerprint density at radius 2 is 2.12 bits per heavy atom. The van der Waals surface area contributed by atoms with E-state index in [2.05, 4.69) is 34.1 Å². The molecule has 1 aromatic rings. The molecule has 5 heteroatoms. The molecule has 96 valence electrons. The summed E-state index contributed by atoms with van der Waals surface area (Å²) in [6.07, 6.45) is 0.895. The van der Waals surface area contributed by atoms with Crippen LogP contribution in [-0.4, -0.2) is 54.6 Å². The van der Waals surface area contributed by atoms with E-state index in [0.717, 1.165) is 38.3 Å². The lowest BCUT2D eigenvalue weighted by atomic mass is 10.2. The van der Waals surface area contributed by atoms with E-state index in [-0.39, 0.29) is 0 Å². The Morgan fingerprint density at radius 3 is 2.76 bits per heavy atom. The lowest BCUT2D eigenvalue weighted by Gasteiger charge is -2.35. The molecule has 1 aliphatic rings. The number of hydrogen-bond acceptors (Lipinski definition) is 5. The van der Waals surface area contributed by atoms with Crippen molar-refractivity contribution in [2.45, 2.75) is 19.4 Å². The smallest absolute Gasteiger partial charge is 0.110 e. The summed E-state index contributed by atoms with van der Waals surface area (Å²) in [5.41, 5.74) is 6.70. The number of likely N-dealkylation sites (N-methyl/N-ethyl adjacent to an activating group) is 1. The summed E-state index contributed by atoms with van der Waals surface area (Å²) in [5, 5.41) is 3.38. The van der Waals surface area contributed by atoms with Crippen LogP contribution in [0.4, 0.5) is 0 Å². The second kappa shape index (κ2) is 5.91. The third-order valence-electron chi connectivity index (χ3n) is 3.41. The molecule has 1 atom stereocenters. The Balaban J connectivity index is 1.96. The van der Waals surface area contributed by atoms with Crippen LogP contribution in [0.5, 0.6) is 0 Å². The fraction of sp³-hybridized carbons (Fsp3) is 0.750. The SMILES string of the molecule is CC(c1nc(CCN)cs1)N1CCN(C)CC1. The molecule has 0 aliphatic carbocycles. The summed E-state index contributed by atoms with van der Waals surface area (Å²) in [4.78, 5) is 9.58. The third-order valence-corrected chi connectivity index (χ3v) is 4.48. The van der Waals surface area contributed by atoms with E-state index in [1.165, 1.54) is 5.01 Å². The molecule has 0 radical (unpaired) electrons. The standard InChI is InChI=1S/C12H22N4S/c1-10(16-7-5-15(2)6-8-16)12-14-11(3-4-13)9-17-12/h9-10H,3-8,13H2,1-2H3. The monoisotopic (exact) mass is 254 g/mol. The van der Waals surface area contributed by atoms with Crippen molar-refractivity contribution in [2.24, 2.45) is 5.73 Å². The first-order valence-electron chi connectivity index (χ1n) is 6.27. The third kappa shape index (κ3) is 3.25. The molecule has 1 aliphatic heterocycles. The molecule has 0 spiro atoms. The minimum absolute atomic E-state index is 0.445. The largest absolute Gasteiger partial charge is 0.330 e. The van der Waals surface area contributed by atoms with Crippen LogP contribution in [0.1, 0.15) is 23.7 Å². The van der Waals surface area contributed by atoms with Crippen molar-refractivity contribution in [1.82, 2.24) is 14.8 Å². The van der Waals surface area contributed by atoms with Crippen LogP contribution < -0.4 is 5.73 Å². The molecule has 17 heavy (non-hydrogen) atoms.